The molecule has 4 bridgehead atoms. The lowest BCUT2D eigenvalue weighted by Crippen LogP contribution is -2.57. The Kier molecular flexibility index (Phi) is 8.07. The van der Waals surface area contributed by atoms with E-state index in [1.54, 1.807) is 25.7 Å². The highest BCUT2D eigenvalue weighted by Gasteiger charge is 2.47. The van der Waals surface area contributed by atoms with Gasteiger partial charge in [-0.3, -0.25) is 9.69 Å². The van der Waals surface area contributed by atoms with Gasteiger partial charge in [-0.1, -0.05) is 45.7 Å². The molecular formula is C30H41N3O8. The van der Waals surface area contributed by atoms with Crippen LogP contribution in [0.25, 0.3) is 0 Å². The van der Waals surface area contributed by atoms with Crippen LogP contribution in [0.2, 0.25) is 0 Å². The van der Waals surface area contributed by atoms with E-state index >= 15 is 0 Å². The summed E-state index contributed by atoms with van der Waals surface area (Å²) in [6, 6.07) is 3.59. The maximum absolute atomic E-state index is 13.7. The highest BCUT2D eigenvalue weighted by Crippen LogP contribution is 2.50. The Balaban J connectivity index is 1.36. The molecule has 0 aromatic heterocycles. The number of hydrogen-bond acceptors (Lipinski definition) is 7. The number of hydrogen-bond donors (Lipinski definition) is 2. The Morgan fingerprint density at radius 1 is 1.05 bits per heavy atom. The topological polar surface area (TPSA) is 135 Å². The number of carbonyl (C=O) groups excluding carboxylic acids is 3. The van der Waals surface area contributed by atoms with Crippen LogP contribution in [0.3, 0.4) is 0 Å². The van der Waals surface area contributed by atoms with E-state index < -0.39 is 47.7 Å². The number of cyclic esters (lactones) is 1. The third-order valence-electron chi connectivity index (χ3n) is 8.75. The number of nitrogens with one attached hydrogen (secondary N) is 1. The number of alkyl carbamates (subject to hydrolysis) is 1. The zero-order valence-corrected chi connectivity index (χ0v) is 24.1. The summed E-state index contributed by atoms with van der Waals surface area (Å²) in [5.74, 6) is -0.974. The summed E-state index contributed by atoms with van der Waals surface area (Å²) in [7, 11) is 0. The van der Waals surface area contributed by atoms with E-state index in [1.165, 1.54) is 4.90 Å². The highest BCUT2D eigenvalue weighted by atomic mass is 16.6. The van der Waals surface area contributed by atoms with Gasteiger partial charge in [-0.2, -0.15) is 0 Å². The summed E-state index contributed by atoms with van der Waals surface area (Å²) in [6.45, 7) is 6.88. The molecule has 3 aliphatic heterocycles. The van der Waals surface area contributed by atoms with E-state index in [0.29, 0.717) is 19.7 Å². The summed E-state index contributed by atoms with van der Waals surface area (Å²) in [4.78, 5) is 54.7. The average Bonchev–Trinajstić information content (AvgIpc) is 3.33. The molecule has 4 aliphatic rings. The normalized spacial score (nSPS) is 27.2. The van der Waals surface area contributed by atoms with Crippen LogP contribution in [0.1, 0.15) is 76.8 Å². The van der Waals surface area contributed by atoms with Gasteiger partial charge in [0.25, 0.3) is 0 Å². The van der Waals surface area contributed by atoms with E-state index in [4.69, 9.17) is 14.2 Å². The van der Waals surface area contributed by atoms with Crippen LogP contribution in [0.15, 0.2) is 18.2 Å². The van der Waals surface area contributed by atoms with Crippen molar-refractivity contribution >= 4 is 24.1 Å². The lowest BCUT2D eigenvalue weighted by molar-refractivity contribution is -0.150. The second kappa shape index (κ2) is 11.4. The van der Waals surface area contributed by atoms with Gasteiger partial charge in [0.1, 0.15) is 23.9 Å². The third kappa shape index (κ3) is 6.54. The van der Waals surface area contributed by atoms with Crippen molar-refractivity contribution in [2.75, 3.05) is 19.8 Å². The molecular weight excluding hydrogens is 530 g/mol. The fourth-order valence-corrected chi connectivity index (χ4v) is 6.03. The minimum atomic E-state index is -1.19. The number of fused-ring (bicyclic) bond motifs is 3. The van der Waals surface area contributed by atoms with Crippen LogP contribution in [-0.4, -0.2) is 76.9 Å². The zero-order valence-electron chi connectivity index (χ0n) is 24.1. The van der Waals surface area contributed by atoms with E-state index in [0.717, 1.165) is 55.4 Å². The first-order valence-electron chi connectivity index (χ1n) is 14.6. The maximum atomic E-state index is 13.7. The number of amides is 3. The number of ether oxygens (including phenoxy) is 3. The molecule has 3 heterocycles. The Bertz CT molecular complexity index is 1190. The second-order valence-electron chi connectivity index (χ2n) is 13.0. The fourth-order valence-electron chi connectivity index (χ4n) is 6.03. The van der Waals surface area contributed by atoms with E-state index in [9.17, 15) is 24.3 Å². The van der Waals surface area contributed by atoms with Crippen LogP contribution < -0.4 is 10.1 Å². The number of carboxylic acids is 1. The molecule has 1 saturated heterocycles. The minimum absolute atomic E-state index is 0.0133. The number of nitrogens with zero attached hydrogens (tertiary/aromatic N) is 2. The standard InChI is InChI=1S/C30H41N3O8/c1-29(2,3)24-25(34)33-16-20(14-22(33)26(35)36)41-28(38)32-15-19-8-7-9-23(21(19)17-32)39-13-6-4-5-10-30(11-12-30)18-40-27(37)31-24/h7-9,20,22,24H,4-6,10-18H2,1-3H3,(H,31,37)(H,35,36)/t20-,22?,24-/m1/s1. The van der Waals surface area contributed by atoms with Crippen molar-refractivity contribution in [2.24, 2.45) is 10.8 Å². The molecule has 2 fully saturated rings. The van der Waals surface area contributed by atoms with Gasteiger partial charge in [0.2, 0.25) is 5.91 Å². The summed E-state index contributed by atoms with van der Waals surface area (Å²) in [5.41, 5.74) is 1.21. The molecule has 0 radical (unpaired) electrons. The van der Waals surface area contributed by atoms with Crippen LogP contribution in [0.5, 0.6) is 5.75 Å². The molecule has 1 unspecified atom stereocenters. The number of aliphatic carboxylic acids is 1. The summed E-state index contributed by atoms with van der Waals surface area (Å²) < 4.78 is 17.4. The average molecular weight is 572 g/mol. The summed E-state index contributed by atoms with van der Waals surface area (Å²) in [6.07, 6.45) is 3.74. The first-order valence-corrected chi connectivity index (χ1v) is 14.6. The van der Waals surface area contributed by atoms with E-state index in [-0.39, 0.29) is 25.0 Å². The molecule has 1 aliphatic carbocycles. The van der Waals surface area contributed by atoms with Gasteiger partial charge in [-0.15, -0.1) is 0 Å². The number of carbonyl (C=O) groups is 4. The molecule has 5 rings (SSSR count). The maximum Gasteiger partial charge on any atom is 0.410 e. The van der Waals surface area contributed by atoms with Crippen molar-refractivity contribution in [1.82, 2.24) is 15.1 Å². The van der Waals surface area contributed by atoms with Gasteiger partial charge >= 0.3 is 18.2 Å². The van der Waals surface area contributed by atoms with Crippen LogP contribution in [-0.2, 0) is 32.2 Å². The van der Waals surface area contributed by atoms with Gasteiger partial charge in [0, 0.05) is 23.9 Å². The fraction of sp³-hybridized carbons (Fsp3) is 0.667. The van der Waals surface area contributed by atoms with Crippen molar-refractivity contribution in [3.63, 3.8) is 0 Å². The van der Waals surface area contributed by atoms with Crippen molar-refractivity contribution in [1.29, 1.82) is 0 Å². The lowest BCUT2D eigenvalue weighted by Gasteiger charge is -2.34. The van der Waals surface area contributed by atoms with Gasteiger partial charge < -0.3 is 29.5 Å². The van der Waals surface area contributed by atoms with Crippen molar-refractivity contribution in [2.45, 2.75) is 97.0 Å². The predicted octanol–water partition coefficient (Wildman–Crippen LogP) is 4.07. The summed E-state index contributed by atoms with van der Waals surface area (Å²) >= 11 is 0. The molecule has 1 saturated carbocycles. The van der Waals surface area contributed by atoms with Gasteiger partial charge in [-0.25, -0.2) is 14.4 Å². The Morgan fingerprint density at radius 3 is 2.54 bits per heavy atom. The van der Waals surface area contributed by atoms with Crippen LogP contribution in [0, 0.1) is 10.8 Å². The monoisotopic (exact) mass is 571 g/mol. The molecule has 3 amide bonds. The quantitative estimate of drug-likeness (QED) is 0.515. The minimum Gasteiger partial charge on any atom is -0.493 e. The molecule has 224 valence electrons. The van der Waals surface area contributed by atoms with Gasteiger partial charge in [0.05, 0.1) is 26.3 Å². The third-order valence-corrected chi connectivity index (χ3v) is 8.75. The molecule has 2 N–H and O–H groups in total. The molecule has 11 heteroatoms. The zero-order chi connectivity index (χ0) is 29.4. The lowest BCUT2D eigenvalue weighted by atomic mass is 9.85. The van der Waals surface area contributed by atoms with Crippen LogP contribution in [0.4, 0.5) is 9.59 Å². The molecule has 1 aromatic carbocycles. The highest BCUT2D eigenvalue weighted by molar-refractivity contribution is 5.90. The van der Waals surface area contributed by atoms with Crippen molar-refractivity contribution < 1.29 is 38.5 Å². The van der Waals surface area contributed by atoms with Gasteiger partial charge in [0.15, 0.2) is 0 Å². The second-order valence-corrected chi connectivity index (χ2v) is 13.0. The number of carboxylic acid groups (broad SMARTS) is 1. The molecule has 11 nitrogen and oxygen atoms in total. The molecule has 41 heavy (non-hydrogen) atoms. The SMILES string of the molecule is CC(C)(C)[C@@H]1NC(=O)OCC2(CCCCCOc3cccc4c3CN(C4)C(=O)O[C@@H]3CC(C(=O)O)N(C3)C1=O)CC2. The molecule has 3 atom stereocenters. The number of rotatable bonds is 1. The van der Waals surface area contributed by atoms with Crippen molar-refractivity contribution in [3.8, 4) is 5.75 Å². The molecule has 1 spiro atoms. The first-order chi connectivity index (χ1) is 19.5. The van der Waals surface area contributed by atoms with Gasteiger partial charge in [-0.05, 0) is 42.7 Å². The van der Waals surface area contributed by atoms with Crippen molar-refractivity contribution in [3.05, 3.63) is 29.3 Å². The predicted molar refractivity (Wildman–Crippen MR) is 147 cm³/mol. The molecule has 1 aromatic rings. The number of benzene rings is 1. The Hall–Kier alpha value is -3.50. The smallest absolute Gasteiger partial charge is 0.410 e. The van der Waals surface area contributed by atoms with Crippen LogP contribution >= 0.6 is 0 Å². The van der Waals surface area contributed by atoms with E-state index in [2.05, 4.69) is 5.32 Å². The Labute approximate surface area is 240 Å². The summed E-state index contributed by atoms with van der Waals surface area (Å²) in [5, 5.41) is 12.6. The van der Waals surface area contributed by atoms with E-state index in [1.807, 2.05) is 18.2 Å². The Morgan fingerprint density at radius 2 is 1.83 bits per heavy atom. The first kappa shape index (κ1) is 29.0. The largest absolute Gasteiger partial charge is 0.493 e.